The molecule has 0 spiro atoms. The van der Waals surface area contributed by atoms with E-state index in [1.165, 1.54) is 0 Å². The molecule has 2 heterocycles. The molecule has 0 bridgehead atoms. The van der Waals surface area contributed by atoms with Crippen LogP contribution >= 0.6 is 35.3 Å². The largest absolute Gasteiger partial charge is 0.434 e. The Morgan fingerprint density at radius 2 is 1.93 bits per heavy atom. The summed E-state index contributed by atoms with van der Waals surface area (Å²) in [5.41, 5.74) is 1.39. The molecule has 10 heteroatoms. The van der Waals surface area contributed by atoms with Gasteiger partial charge in [0.1, 0.15) is 5.01 Å². The van der Waals surface area contributed by atoms with Crippen molar-refractivity contribution in [2.75, 3.05) is 25.0 Å². The molecule has 0 atom stereocenters. The second-order valence-electron chi connectivity index (χ2n) is 5.95. The average Bonchev–Trinajstić information content (AvgIpc) is 3.34. The Hall–Kier alpha value is -1.82. The minimum atomic E-state index is -4.41. The van der Waals surface area contributed by atoms with Gasteiger partial charge in [-0.2, -0.15) is 13.2 Å². The summed E-state index contributed by atoms with van der Waals surface area (Å²) in [5, 5.41) is 7.53. The number of hydrogen-bond donors (Lipinski definition) is 2. The first kappa shape index (κ1) is 22.5. The minimum absolute atomic E-state index is 0. The molecular weight excluding hydrogens is 502 g/mol. The first-order valence-corrected chi connectivity index (χ1v) is 9.28. The van der Waals surface area contributed by atoms with Gasteiger partial charge in [0.2, 0.25) is 0 Å². The predicted molar refractivity (Wildman–Crippen MR) is 117 cm³/mol. The molecule has 0 radical (unpaired) electrons. The molecule has 0 unspecified atom stereocenters. The van der Waals surface area contributed by atoms with Crippen LogP contribution in [0.4, 0.5) is 18.9 Å². The molecule has 1 aromatic heterocycles. The third kappa shape index (κ3) is 6.09. The lowest BCUT2D eigenvalue weighted by molar-refractivity contribution is -0.140. The van der Waals surface area contributed by atoms with Gasteiger partial charge in [0, 0.05) is 37.7 Å². The SMILES string of the molecule is CN=C(NCc1cccc(N2CC=CC2)c1)NCc1nc(C(F)(F)F)cs1.I. The van der Waals surface area contributed by atoms with Gasteiger partial charge in [-0.3, -0.25) is 4.99 Å². The number of thiazole rings is 1. The van der Waals surface area contributed by atoms with Crippen LogP contribution in [-0.4, -0.2) is 31.1 Å². The summed E-state index contributed by atoms with van der Waals surface area (Å²) in [5.74, 6) is 0.506. The van der Waals surface area contributed by atoms with E-state index in [0.29, 0.717) is 17.5 Å². The van der Waals surface area contributed by atoms with E-state index in [0.717, 1.165) is 41.1 Å². The Balaban J connectivity index is 0.00000280. The van der Waals surface area contributed by atoms with Gasteiger partial charge in [-0.1, -0.05) is 24.3 Å². The summed E-state index contributed by atoms with van der Waals surface area (Å²) < 4.78 is 37.8. The monoisotopic (exact) mass is 523 g/mol. The number of nitrogens with zero attached hydrogens (tertiary/aromatic N) is 3. The van der Waals surface area contributed by atoms with Crippen LogP contribution in [0, 0.1) is 0 Å². The minimum Gasteiger partial charge on any atom is -0.364 e. The van der Waals surface area contributed by atoms with Gasteiger partial charge >= 0.3 is 6.18 Å². The van der Waals surface area contributed by atoms with E-state index in [1.807, 2.05) is 12.1 Å². The Morgan fingerprint density at radius 1 is 1.21 bits per heavy atom. The van der Waals surface area contributed by atoms with Crippen LogP contribution in [0.1, 0.15) is 16.3 Å². The van der Waals surface area contributed by atoms with Crippen LogP contribution in [0.2, 0.25) is 0 Å². The van der Waals surface area contributed by atoms with Crippen molar-refractivity contribution in [3.05, 3.63) is 58.1 Å². The van der Waals surface area contributed by atoms with E-state index in [1.54, 1.807) is 7.05 Å². The van der Waals surface area contributed by atoms with Crippen LogP contribution in [0.25, 0.3) is 0 Å². The van der Waals surface area contributed by atoms with Crippen molar-refractivity contribution in [3.8, 4) is 0 Å². The Morgan fingerprint density at radius 3 is 2.57 bits per heavy atom. The van der Waals surface area contributed by atoms with Crippen LogP contribution < -0.4 is 15.5 Å². The maximum absolute atomic E-state index is 12.6. The number of aliphatic imine (C=N–C) groups is 1. The van der Waals surface area contributed by atoms with Gasteiger partial charge in [0.05, 0.1) is 6.54 Å². The van der Waals surface area contributed by atoms with Crippen LogP contribution in [-0.2, 0) is 19.3 Å². The summed E-state index contributed by atoms with van der Waals surface area (Å²) in [7, 11) is 1.62. The summed E-state index contributed by atoms with van der Waals surface area (Å²) >= 11 is 0.972. The highest BCUT2D eigenvalue weighted by atomic mass is 127. The number of anilines is 1. The quantitative estimate of drug-likeness (QED) is 0.269. The molecule has 28 heavy (non-hydrogen) atoms. The van der Waals surface area contributed by atoms with Crippen LogP contribution in [0.3, 0.4) is 0 Å². The molecule has 5 nitrogen and oxygen atoms in total. The third-order valence-corrected chi connectivity index (χ3v) is 4.88. The summed E-state index contributed by atoms with van der Waals surface area (Å²) in [6, 6.07) is 8.22. The lowest BCUT2D eigenvalue weighted by Gasteiger charge is -2.19. The van der Waals surface area contributed by atoms with E-state index in [4.69, 9.17) is 0 Å². The van der Waals surface area contributed by atoms with Crippen molar-refractivity contribution < 1.29 is 13.2 Å². The van der Waals surface area contributed by atoms with Crippen LogP contribution in [0.15, 0.2) is 46.8 Å². The van der Waals surface area contributed by atoms with Gasteiger partial charge in [0.15, 0.2) is 11.7 Å². The van der Waals surface area contributed by atoms with E-state index in [-0.39, 0.29) is 30.5 Å². The molecule has 2 N–H and O–H groups in total. The van der Waals surface area contributed by atoms with Crippen molar-refractivity contribution in [2.45, 2.75) is 19.3 Å². The highest BCUT2D eigenvalue weighted by Gasteiger charge is 2.33. The van der Waals surface area contributed by atoms with E-state index < -0.39 is 11.9 Å². The van der Waals surface area contributed by atoms with Crippen molar-refractivity contribution in [3.63, 3.8) is 0 Å². The summed E-state index contributed by atoms with van der Waals surface area (Å²) in [6.45, 7) is 2.56. The number of aromatic nitrogens is 1. The van der Waals surface area contributed by atoms with E-state index in [9.17, 15) is 13.2 Å². The van der Waals surface area contributed by atoms with Gasteiger partial charge in [-0.25, -0.2) is 4.98 Å². The van der Waals surface area contributed by atoms with Crippen molar-refractivity contribution >= 4 is 47.0 Å². The zero-order valence-corrected chi connectivity index (χ0v) is 18.3. The zero-order valence-electron chi connectivity index (χ0n) is 15.2. The van der Waals surface area contributed by atoms with Gasteiger partial charge in [-0.15, -0.1) is 35.3 Å². The average molecular weight is 523 g/mol. The lowest BCUT2D eigenvalue weighted by Crippen LogP contribution is -2.36. The van der Waals surface area contributed by atoms with Gasteiger partial charge in [-0.05, 0) is 17.7 Å². The number of halogens is 4. The molecule has 0 amide bonds. The lowest BCUT2D eigenvalue weighted by atomic mass is 10.2. The second kappa shape index (κ2) is 10.1. The Labute approximate surface area is 182 Å². The fourth-order valence-electron chi connectivity index (χ4n) is 2.64. The number of hydrogen-bond acceptors (Lipinski definition) is 4. The number of rotatable bonds is 5. The molecule has 0 fully saturated rings. The molecular formula is C18H21F3IN5S. The molecule has 0 aliphatic carbocycles. The first-order valence-electron chi connectivity index (χ1n) is 8.40. The van der Waals surface area contributed by atoms with E-state index >= 15 is 0 Å². The smallest absolute Gasteiger partial charge is 0.364 e. The summed E-state index contributed by atoms with van der Waals surface area (Å²) in [6.07, 6.45) is -0.135. The number of alkyl halides is 3. The molecule has 1 aliphatic heterocycles. The molecule has 1 aliphatic rings. The molecule has 3 rings (SSSR count). The summed E-state index contributed by atoms with van der Waals surface area (Å²) in [4.78, 5) is 9.96. The maximum Gasteiger partial charge on any atom is 0.434 e. The van der Waals surface area contributed by atoms with Crippen molar-refractivity contribution in [1.82, 2.24) is 15.6 Å². The van der Waals surface area contributed by atoms with Gasteiger partial charge < -0.3 is 15.5 Å². The van der Waals surface area contributed by atoms with Gasteiger partial charge in [0.25, 0.3) is 0 Å². The van der Waals surface area contributed by atoms with E-state index in [2.05, 4.69) is 49.8 Å². The predicted octanol–water partition coefficient (Wildman–Crippen LogP) is 4.02. The highest BCUT2D eigenvalue weighted by Crippen LogP contribution is 2.29. The standard InChI is InChI=1S/C18H20F3N5S.HI/c1-22-17(24-11-16-25-15(12-27-16)18(19,20)21)23-10-13-5-4-6-14(9-13)26-7-2-3-8-26;/h2-6,9,12H,7-8,10-11H2,1H3,(H2,22,23,24);1H. The molecule has 1 aromatic carbocycles. The van der Waals surface area contributed by atoms with Crippen molar-refractivity contribution in [1.29, 1.82) is 0 Å². The number of nitrogens with one attached hydrogen (secondary N) is 2. The fourth-order valence-corrected chi connectivity index (χ4v) is 3.38. The zero-order chi connectivity index (χ0) is 19.3. The number of guanidine groups is 1. The highest BCUT2D eigenvalue weighted by molar-refractivity contribution is 14.0. The first-order chi connectivity index (χ1) is 13.0. The molecule has 0 saturated heterocycles. The van der Waals surface area contributed by atoms with Crippen molar-refractivity contribution in [2.24, 2.45) is 4.99 Å². The number of benzene rings is 1. The molecule has 2 aromatic rings. The Kier molecular flexibility index (Phi) is 8.10. The topological polar surface area (TPSA) is 52.6 Å². The molecule has 0 saturated carbocycles. The Bertz CT molecular complexity index is 827. The third-order valence-electron chi connectivity index (χ3n) is 4.03. The maximum atomic E-state index is 12.6. The van der Waals surface area contributed by atoms with Crippen LogP contribution in [0.5, 0.6) is 0 Å². The molecule has 152 valence electrons. The normalized spacial score (nSPS) is 14.1. The fraction of sp³-hybridized carbons (Fsp3) is 0.333. The second-order valence-corrected chi connectivity index (χ2v) is 6.89.